The van der Waals surface area contributed by atoms with Crippen LogP contribution in [0.3, 0.4) is 0 Å². The quantitative estimate of drug-likeness (QED) is 0.530. The number of aryl methyl sites for hydroxylation is 2. The zero-order valence-electron chi connectivity index (χ0n) is 20.3. The number of hydrogen-bond acceptors (Lipinski definition) is 4. The van der Waals surface area contributed by atoms with Gasteiger partial charge in [-0.15, -0.1) is 0 Å². The van der Waals surface area contributed by atoms with E-state index in [1.165, 1.54) is 17.2 Å². The second kappa shape index (κ2) is 10.0. The number of halogens is 1. The molecule has 5 rings (SSSR count). The van der Waals surface area contributed by atoms with Crippen molar-refractivity contribution in [3.63, 3.8) is 0 Å². The Bertz CT molecular complexity index is 1230. The zero-order chi connectivity index (χ0) is 24.4. The van der Waals surface area contributed by atoms with Crippen molar-refractivity contribution in [2.24, 2.45) is 5.10 Å². The second-order valence-electron chi connectivity index (χ2n) is 9.50. The van der Waals surface area contributed by atoms with E-state index in [2.05, 4.69) is 66.1 Å². The van der Waals surface area contributed by atoms with Crippen molar-refractivity contribution < 1.29 is 9.18 Å². The molecule has 1 saturated heterocycles. The van der Waals surface area contributed by atoms with E-state index < -0.39 is 0 Å². The minimum atomic E-state index is -0.201. The third-order valence-corrected chi connectivity index (χ3v) is 6.90. The molecule has 2 aliphatic rings. The number of anilines is 1. The van der Waals surface area contributed by atoms with E-state index in [1.807, 2.05) is 18.2 Å². The van der Waals surface area contributed by atoms with Crippen molar-refractivity contribution in [1.29, 1.82) is 0 Å². The maximum atomic E-state index is 14.2. The molecule has 0 saturated carbocycles. The largest absolute Gasteiger partial charge is 0.367 e. The number of amides is 1. The molecule has 6 heteroatoms. The SMILES string of the molecule is Cc1ccc([C@@H]2CC(c3cccc(C)c3)=NN2C(=O)CN2CCN(c3ccccc3F)CC2)cc1. The van der Waals surface area contributed by atoms with Gasteiger partial charge in [0.1, 0.15) is 5.82 Å². The lowest BCUT2D eigenvalue weighted by Crippen LogP contribution is -2.49. The molecule has 1 atom stereocenters. The Morgan fingerprint density at radius 2 is 1.66 bits per heavy atom. The molecule has 1 fully saturated rings. The van der Waals surface area contributed by atoms with E-state index in [1.54, 1.807) is 11.1 Å². The molecular formula is C29H31FN4O. The van der Waals surface area contributed by atoms with E-state index in [9.17, 15) is 9.18 Å². The molecule has 2 aliphatic heterocycles. The van der Waals surface area contributed by atoms with Crippen LogP contribution in [0.5, 0.6) is 0 Å². The molecule has 0 radical (unpaired) electrons. The maximum absolute atomic E-state index is 14.2. The zero-order valence-corrected chi connectivity index (χ0v) is 20.3. The van der Waals surface area contributed by atoms with E-state index in [4.69, 9.17) is 5.10 Å². The van der Waals surface area contributed by atoms with E-state index in [-0.39, 0.29) is 17.8 Å². The van der Waals surface area contributed by atoms with Crippen LogP contribution in [0, 0.1) is 19.7 Å². The first-order valence-corrected chi connectivity index (χ1v) is 12.2. The summed E-state index contributed by atoms with van der Waals surface area (Å²) in [5.41, 5.74) is 6.10. The van der Waals surface area contributed by atoms with Gasteiger partial charge in [0.2, 0.25) is 0 Å². The standard InChI is InChI=1S/C29H31FN4O/c1-21-10-12-23(13-11-21)28-19-26(24-7-5-6-22(2)18-24)31-34(28)29(35)20-32-14-16-33(17-15-32)27-9-4-3-8-25(27)30/h3-13,18,28H,14-17,19-20H2,1-2H3/t28-/m0/s1. The summed E-state index contributed by atoms with van der Waals surface area (Å²) in [4.78, 5) is 17.7. The lowest BCUT2D eigenvalue weighted by atomic mass is 9.97. The van der Waals surface area contributed by atoms with E-state index in [0.29, 0.717) is 44.8 Å². The van der Waals surface area contributed by atoms with Gasteiger partial charge in [0, 0.05) is 32.6 Å². The summed E-state index contributed by atoms with van der Waals surface area (Å²) in [6, 6.07) is 23.4. The topological polar surface area (TPSA) is 39.2 Å². The molecule has 3 aromatic carbocycles. The summed E-state index contributed by atoms with van der Waals surface area (Å²) >= 11 is 0. The Kier molecular flexibility index (Phi) is 6.64. The van der Waals surface area contributed by atoms with Crippen LogP contribution in [0.25, 0.3) is 0 Å². The first-order valence-electron chi connectivity index (χ1n) is 12.2. The van der Waals surface area contributed by atoms with Crippen LogP contribution >= 0.6 is 0 Å². The lowest BCUT2D eigenvalue weighted by Gasteiger charge is -2.36. The number of rotatable bonds is 5. The van der Waals surface area contributed by atoms with Gasteiger partial charge in [-0.3, -0.25) is 9.69 Å². The highest BCUT2D eigenvalue weighted by atomic mass is 19.1. The van der Waals surface area contributed by atoms with Gasteiger partial charge in [0.05, 0.1) is 24.0 Å². The van der Waals surface area contributed by atoms with Crippen molar-refractivity contribution in [3.05, 3.63) is 101 Å². The third kappa shape index (κ3) is 5.13. The molecule has 0 unspecified atom stereocenters. The second-order valence-corrected chi connectivity index (χ2v) is 9.50. The van der Waals surface area contributed by atoms with Crippen LogP contribution in [0.4, 0.5) is 10.1 Å². The van der Waals surface area contributed by atoms with Gasteiger partial charge >= 0.3 is 0 Å². The van der Waals surface area contributed by atoms with Gasteiger partial charge in [0.25, 0.3) is 5.91 Å². The first kappa shape index (κ1) is 23.2. The Balaban J connectivity index is 1.31. The van der Waals surface area contributed by atoms with Gasteiger partial charge in [-0.1, -0.05) is 71.8 Å². The predicted octanol–water partition coefficient (Wildman–Crippen LogP) is 4.94. The fraction of sp³-hybridized carbons (Fsp3) is 0.310. The molecule has 3 aromatic rings. The summed E-state index contributed by atoms with van der Waals surface area (Å²) in [7, 11) is 0. The lowest BCUT2D eigenvalue weighted by molar-refractivity contribution is -0.134. The molecule has 1 amide bonds. The summed E-state index contributed by atoms with van der Waals surface area (Å²) < 4.78 is 14.2. The predicted molar refractivity (Wildman–Crippen MR) is 138 cm³/mol. The molecule has 0 N–H and O–H groups in total. The fourth-order valence-corrected chi connectivity index (χ4v) is 4.91. The van der Waals surface area contributed by atoms with Crippen molar-refractivity contribution in [2.75, 3.05) is 37.6 Å². The van der Waals surface area contributed by atoms with E-state index >= 15 is 0 Å². The highest BCUT2D eigenvalue weighted by Crippen LogP contribution is 2.33. The average molecular weight is 471 g/mol. The van der Waals surface area contributed by atoms with Gasteiger partial charge < -0.3 is 4.90 Å². The normalized spacial score (nSPS) is 18.6. The minimum Gasteiger partial charge on any atom is -0.367 e. The molecule has 35 heavy (non-hydrogen) atoms. The van der Waals surface area contributed by atoms with Crippen LogP contribution in [0.1, 0.15) is 34.7 Å². The van der Waals surface area contributed by atoms with Crippen LogP contribution in [0.2, 0.25) is 0 Å². The smallest absolute Gasteiger partial charge is 0.257 e. The Morgan fingerprint density at radius 3 is 2.37 bits per heavy atom. The number of carbonyl (C=O) groups is 1. The monoisotopic (exact) mass is 470 g/mol. The van der Waals surface area contributed by atoms with Gasteiger partial charge in [-0.25, -0.2) is 9.40 Å². The summed E-state index contributed by atoms with van der Waals surface area (Å²) in [6.07, 6.45) is 0.694. The highest BCUT2D eigenvalue weighted by Gasteiger charge is 2.34. The highest BCUT2D eigenvalue weighted by molar-refractivity contribution is 6.03. The molecule has 0 aromatic heterocycles. The molecular weight excluding hydrogens is 439 g/mol. The van der Waals surface area contributed by atoms with Crippen LogP contribution in [-0.2, 0) is 4.79 Å². The Hall–Kier alpha value is -3.51. The van der Waals surface area contributed by atoms with Gasteiger partial charge in [-0.2, -0.15) is 5.10 Å². The van der Waals surface area contributed by atoms with Crippen LogP contribution in [0.15, 0.2) is 77.9 Å². The molecule has 0 aliphatic carbocycles. The number of para-hydroxylation sites is 1. The van der Waals surface area contributed by atoms with Crippen molar-refractivity contribution >= 4 is 17.3 Å². The average Bonchev–Trinajstić information content (AvgIpc) is 3.31. The third-order valence-electron chi connectivity index (χ3n) is 6.90. The van der Waals surface area contributed by atoms with Gasteiger partial charge in [-0.05, 0) is 37.1 Å². The summed E-state index contributed by atoms with van der Waals surface area (Å²) in [5.74, 6) is -0.203. The number of carbonyl (C=O) groups excluding carboxylic acids is 1. The van der Waals surface area contributed by atoms with Crippen molar-refractivity contribution in [3.8, 4) is 0 Å². The minimum absolute atomic E-state index is 0.00225. The van der Waals surface area contributed by atoms with Crippen molar-refractivity contribution in [1.82, 2.24) is 9.91 Å². The number of hydrogen-bond donors (Lipinski definition) is 0. The van der Waals surface area contributed by atoms with Crippen LogP contribution in [-0.4, -0.2) is 54.3 Å². The molecule has 0 spiro atoms. The molecule has 180 valence electrons. The molecule has 0 bridgehead atoms. The van der Waals surface area contributed by atoms with Crippen LogP contribution < -0.4 is 4.90 Å². The number of hydrazone groups is 1. The number of nitrogens with zero attached hydrogens (tertiary/aromatic N) is 4. The van der Waals surface area contributed by atoms with E-state index in [0.717, 1.165) is 16.8 Å². The fourth-order valence-electron chi connectivity index (χ4n) is 4.91. The molecule has 2 heterocycles. The summed E-state index contributed by atoms with van der Waals surface area (Å²) in [5, 5.41) is 6.52. The Labute approximate surface area is 206 Å². The maximum Gasteiger partial charge on any atom is 0.257 e. The number of benzene rings is 3. The number of piperazine rings is 1. The Morgan fingerprint density at radius 1 is 0.914 bits per heavy atom. The molecule has 5 nitrogen and oxygen atoms in total. The first-order chi connectivity index (χ1) is 17.0. The van der Waals surface area contributed by atoms with Gasteiger partial charge in [0.15, 0.2) is 0 Å². The van der Waals surface area contributed by atoms with Crippen molar-refractivity contribution in [2.45, 2.75) is 26.3 Å². The summed E-state index contributed by atoms with van der Waals surface area (Å²) in [6.45, 7) is 7.23.